The lowest BCUT2D eigenvalue weighted by atomic mass is 10.1. The summed E-state index contributed by atoms with van der Waals surface area (Å²) in [5.41, 5.74) is 2.82. The molecule has 1 N–H and O–H groups in total. The number of aromatic nitrogens is 1. The second kappa shape index (κ2) is 9.95. The third-order valence-electron chi connectivity index (χ3n) is 5.14. The molecule has 0 aliphatic heterocycles. The minimum Gasteiger partial charge on any atom is -0.429 e. The van der Waals surface area contributed by atoms with Crippen molar-refractivity contribution in [3.63, 3.8) is 0 Å². The molecular weight excluding hydrogens is 426 g/mol. The molecule has 0 spiro atoms. The van der Waals surface area contributed by atoms with Crippen molar-refractivity contribution in [2.75, 3.05) is 44.4 Å². The van der Waals surface area contributed by atoms with Crippen LogP contribution in [-0.4, -0.2) is 56.1 Å². The Kier molecular flexibility index (Phi) is 7.28. The van der Waals surface area contributed by atoms with Crippen molar-refractivity contribution in [2.45, 2.75) is 13.0 Å². The molecule has 2 aromatic carbocycles. The zero-order chi connectivity index (χ0) is 24.2. The van der Waals surface area contributed by atoms with Crippen molar-refractivity contribution in [2.24, 2.45) is 0 Å². The number of ether oxygens (including phenoxy) is 1. The van der Waals surface area contributed by atoms with Gasteiger partial charge in [-0.3, -0.25) is 4.79 Å². The van der Waals surface area contributed by atoms with E-state index >= 15 is 0 Å². The molecule has 1 aromatic heterocycles. The van der Waals surface area contributed by atoms with Gasteiger partial charge in [0.1, 0.15) is 11.6 Å². The Morgan fingerprint density at radius 1 is 1.12 bits per heavy atom. The molecule has 174 valence electrons. The third kappa shape index (κ3) is 6.26. The highest BCUT2D eigenvalue weighted by Gasteiger charge is 2.26. The number of nitrogens with zero attached hydrogens (tertiary/aromatic N) is 3. The number of nitrogens with one attached hydrogen (secondary N) is 1. The van der Waals surface area contributed by atoms with Crippen LogP contribution in [0.1, 0.15) is 15.9 Å². The molecule has 0 aliphatic carbocycles. The number of pyridine rings is 1. The molecule has 8 heteroatoms. The molecule has 0 saturated heterocycles. The molecule has 0 saturated carbocycles. The monoisotopic (exact) mass is 454 g/mol. The van der Waals surface area contributed by atoms with Crippen molar-refractivity contribution < 1.29 is 18.3 Å². The molecule has 1 heterocycles. The Balaban J connectivity index is 1.74. The minimum absolute atomic E-state index is 0.0600. The first-order valence-electron chi connectivity index (χ1n) is 10.5. The number of carbonyl (C=O) groups excluding carboxylic acids is 1. The summed E-state index contributed by atoms with van der Waals surface area (Å²) in [6.45, 7) is 6.82. The van der Waals surface area contributed by atoms with E-state index in [9.17, 15) is 13.6 Å². The van der Waals surface area contributed by atoms with Gasteiger partial charge in [-0.2, -0.15) is 8.78 Å². The summed E-state index contributed by atoms with van der Waals surface area (Å²) in [6, 6.07) is 13.0. The standard InChI is InChI=1S/C25H28F2N4O2/c1-6-25(26,27)33-20-10-7-18(8-11-20)24(32)28-19-9-12-22-21(16-19)17(2)15-23(29-22)31(5)14-13-30(3)4/h6-12,15-16H,1,13-14H2,2-5H3,(H,28,32). The Morgan fingerprint density at radius 3 is 2.45 bits per heavy atom. The van der Waals surface area contributed by atoms with E-state index in [1.807, 2.05) is 46.3 Å². The fourth-order valence-corrected chi connectivity index (χ4v) is 3.19. The quantitative estimate of drug-likeness (QED) is 0.464. The number of rotatable bonds is 9. The smallest absolute Gasteiger partial charge is 0.419 e. The van der Waals surface area contributed by atoms with Crippen molar-refractivity contribution >= 4 is 28.3 Å². The molecule has 0 atom stereocenters. The lowest BCUT2D eigenvalue weighted by Crippen LogP contribution is -2.29. The van der Waals surface area contributed by atoms with Crippen LogP contribution < -0.4 is 15.0 Å². The Bertz CT molecular complexity index is 1150. The van der Waals surface area contributed by atoms with Crippen molar-refractivity contribution in [3.8, 4) is 5.75 Å². The van der Waals surface area contributed by atoms with Gasteiger partial charge in [-0.05, 0) is 75.1 Å². The van der Waals surface area contributed by atoms with Crippen LogP contribution in [0.5, 0.6) is 5.75 Å². The Hall–Kier alpha value is -3.52. The van der Waals surface area contributed by atoms with Crippen LogP contribution in [-0.2, 0) is 0 Å². The molecule has 0 unspecified atom stereocenters. The summed E-state index contributed by atoms with van der Waals surface area (Å²) in [7, 11) is 6.08. The molecular formula is C25H28F2N4O2. The molecule has 3 rings (SSSR count). The van der Waals surface area contributed by atoms with Crippen LogP contribution in [0.2, 0.25) is 0 Å². The first-order chi connectivity index (χ1) is 15.6. The summed E-state index contributed by atoms with van der Waals surface area (Å²) >= 11 is 0. The van der Waals surface area contributed by atoms with Gasteiger partial charge < -0.3 is 19.9 Å². The molecule has 0 radical (unpaired) electrons. The van der Waals surface area contributed by atoms with Crippen LogP contribution in [0.15, 0.2) is 61.2 Å². The fourth-order valence-electron chi connectivity index (χ4n) is 3.19. The van der Waals surface area contributed by atoms with Crippen LogP contribution in [0.3, 0.4) is 0 Å². The first kappa shape index (κ1) is 24.1. The maximum Gasteiger partial charge on any atom is 0.419 e. The second-order valence-electron chi connectivity index (χ2n) is 8.10. The predicted molar refractivity (Wildman–Crippen MR) is 128 cm³/mol. The summed E-state index contributed by atoms with van der Waals surface area (Å²) < 4.78 is 31.0. The van der Waals surface area contributed by atoms with E-state index in [2.05, 4.69) is 26.4 Å². The Morgan fingerprint density at radius 2 is 1.82 bits per heavy atom. The van der Waals surface area contributed by atoms with Gasteiger partial charge in [0, 0.05) is 42.9 Å². The van der Waals surface area contributed by atoms with E-state index < -0.39 is 6.11 Å². The van der Waals surface area contributed by atoms with E-state index in [0.717, 1.165) is 35.4 Å². The van der Waals surface area contributed by atoms with Crippen LogP contribution in [0.25, 0.3) is 10.9 Å². The number of carbonyl (C=O) groups is 1. The highest BCUT2D eigenvalue weighted by Crippen LogP contribution is 2.26. The number of fused-ring (bicyclic) bond motifs is 1. The predicted octanol–water partition coefficient (Wildman–Crippen LogP) is 4.95. The van der Waals surface area contributed by atoms with E-state index in [-0.39, 0.29) is 11.7 Å². The minimum atomic E-state index is -3.47. The van der Waals surface area contributed by atoms with Crippen molar-refractivity contribution in [3.05, 3.63) is 72.3 Å². The number of benzene rings is 2. The van der Waals surface area contributed by atoms with Crippen LogP contribution in [0.4, 0.5) is 20.3 Å². The first-order valence-corrected chi connectivity index (χ1v) is 10.5. The largest absolute Gasteiger partial charge is 0.429 e. The molecule has 0 bridgehead atoms. The van der Waals surface area contributed by atoms with Gasteiger partial charge in [-0.25, -0.2) is 4.98 Å². The van der Waals surface area contributed by atoms with Gasteiger partial charge in [0.15, 0.2) is 0 Å². The third-order valence-corrected chi connectivity index (χ3v) is 5.14. The van der Waals surface area contributed by atoms with Gasteiger partial charge in [0.2, 0.25) is 0 Å². The average molecular weight is 455 g/mol. The number of anilines is 2. The summed E-state index contributed by atoms with van der Waals surface area (Å²) in [5, 5.41) is 3.78. The van der Waals surface area contributed by atoms with E-state index in [1.54, 1.807) is 6.07 Å². The number of halogens is 2. The SMILES string of the molecule is C=CC(F)(F)Oc1ccc(C(=O)Nc2ccc3nc(N(C)CCN(C)C)cc(C)c3c2)cc1. The van der Waals surface area contributed by atoms with Gasteiger partial charge in [-0.1, -0.05) is 6.58 Å². The summed E-state index contributed by atoms with van der Waals surface area (Å²) in [4.78, 5) is 21.6. The average Bonchev–Trinajstić information content (AvgIpc) is 2.78. The fraction of sp³-hybridized carbons (Fsp3) is 0.280. The highest BCUT2D eigenvalue weighted by molar-refractivity contribution is 6.05. The van der Waals surface area contributed by atoms with Gasteiger partial charge in [0.05, 0.1) is 5.52 Å². The number of alkyl halides is 2. The number of likely N-dealkylation sites (N-methyl/N-ethyl adjacent to an activating group) is 2. The van der Waals surface area contributed by atoms with Crippen LogP contribution in [0, 0.1) is 6.92 Å². The molecule has 33 heavy (non-hydrogen) atoms. The van der Waals surface area contributed by atoms with Crippen molar-refractivity contribution in [1.82, 2.24) is 9.88 Å². The molecule has 0 aliphatic rings. The van der Waals surface area contributed by atoms with Crippen LogP contribution >= 0.6 is 0 Å². The highest BCUT2D eigenvalue weighted by atomic mass is 19.3. The van der Waals surface area contributed by atoms with E-state index in [0.29, 0.717) is 17.3 Å². The molecule has 1 amide bonds. The number of aryl methyl sites for hydroxylation is 1. The number of amides is 1. The normalized spacial score (nSPS) is 11.5. The zero-order valence-corrected chi connectivity index (χ0v) is 19.2. The summed E-state index contributed by atoms with van der Waals surface area (Å²) in [5.74, 6) is 0.472. The zero-order valence-electron chi connectivity index (χ0n) is 19.2. The molecule has 0 fully saturated rings. The summed E-state index contributed by atoms with van der Waals surface area (Å²) in [6.07, 6.45) is -3.06. The molecule has 3 aromatic rings. The topological polar surface area (TPSA) is 57.7 Å². The number of hydrogen-bond donors (Lipinski definition) is 1. The van der Waals surface area contributed by atoms with E-state index in [4.69, 9.17) is 4.98 Å². The second-order valence-corrected chi connectivity index (χ2v) is 8.10. The molecule has 6 nitrogen and oxygen atoms in total. The van der Waals surface area contributed by atoms with Gasteiger partial charge in [0.25, 0.3) is 5.91 Å². The maximum absolute atomic E-state index is 13.3. The van der Waals surface area contributed by atoms with Gasteiger partial charge in [-0.15, -0.1) is 0 Å². The Labute approximate surface area is 192 Å². The maximum atomic E-state index is 13.3. The lowest BCUT2D eigenvalue weighted by Gasteiger charge is -2.21. The van der Waals surface area contributed by atoms with E-state index in [1.165, 1.54) is 24.3 Å². The van der Waals surface area contributed by atoms with Crippen molar-refractivity contribution in [1.29, 1.82) is 0 Å². The number of hydrogen-bond acceptors (Lipinski definition) is 5. The lowest BCUT2D eigenvalue weighted by molar-refractivity contribution is -0.131. The van der Waals surface area contributed by atoms with Gasteiger partial charge >= 0.3 is 6.11 Å².